The van der Waals surface area contributed by atoms with E-state index in [0.717, 1.165) is 11.6 Å². The molecule has 3 saturated heterocycles. The minimum atomic E-state index is -0.550. The first-order valence-electron chi connectivity index (χ1n) is 8.73. The van der Waals surface area contributed by atoms with Crippen LogP contribution in [0, 0.1) is 12.8 Å². The molecule has 4 heterocycles. The highest BCUT2D eigenvalue weighted by Gasteiger charge is 2.62. The number of nitrogens with zero attached hydrogens (tertiary/aromatic N) is 5. The molecule has 1 aromatic rings. The van der Waals surface area contributed by atoms with Gasteiger partial charge in [0.15, 0.2) is 5.60 Å². The monoisotopic (exact) mass is 345 g/mol. The van der Waals surface area contributed by atoms with E-state index in [1.807, 2.05) is 31.7 Å². The van der Waals surface area contributed by atoms with Crippen LogP contribution in [0.5, 0.6) is 0 Å². The first kappa shape index (κ1) is 16.1. The molecule has 1 unspecified atom stereocenters. The highest BCUT2D eigenvalue weighted by atomic mass is 16.6. The van der Waals surface area contributed by atoms with Crippen LogP contribution >= 0.6 is 0 Å². The summed E-state index contributed by atoms with van der Waals surface area (Å²) in [6, 6.07) is 1.78. The third-order valence-corrected chi connectivity index (χ3v) is 5.32. The zero-order chi connectivity index (χ0) is 17.8. The molecule has 25 heavy (non-hydrogen) atoms. The minimum Gasteiger partial charge on any atom is -0.437 e. The Hall–Kier alpha value is -2.38. The lowest BCUT2D eigenvalue weighted by molar-refractivity contribution is -0.137. The maximum absolute atomic E-state index is 12.4. The van der Waals surface area contributed by atoms with Gasteiger partial charge in [0.25, 0.3) is 0 Å². The standard InChI is InChI=1S/C17H23N5O3/c1-11(2)15(23)20-6-7-22-13(8-20)17(25-16(22)24)9-21(10-17)14-4-5-18-12(3)19-14/h4-5,11,13H,6-10H2,1-3H3. The molecule has 8 nitrogen and oxygen atoms in total. The van der Waals surface area contributed by atoms with Gasteiger partial charge in [-0.25, -0.2) is 14.8 Å². The van der Waals surface area contributed by atoms with Crippen molar-refractivity contribution < 1.29 is 14.3 Å². The molecule has 134 valence electrons. The third-order valence-electron chi connectivity index (χ3n) is 5.32. The summed E-state index contributed by atoms with van der Waals surface area (Å²) in [4.78, 5) is 38.9. The summed E-state index contributed by atoms with van der Waals surface area (Å²) in [6.07, 6.45) is 1.47. The lowest BCUT2D eigenvalue weighted by Gasteiger charge is -2.51. The Balaban J connectivity index is 1.51. The number of rotatable bonds is 2. The number of anilines is 1. The Morgan fingerprint density at radius 3 is 2.80 bits per heavy atom. The molecular formula is C17H23N5O3. The Kier molecular flexibility index (Phi) is 3.59. The average molecular weight is 345 g/mol. The highest BCUT2D eigenvalue weighted by Crippen LogP contribution is 2.41. The molecule has 0 aromatic carbocycles. The minimum absolute atomic E-state index is 0.0394. The second-order valence-electron chi connectivity index (χ2n) is 7.40. The first-order valence-corrected chi connectivity index (χ1v) is 8.73. The maximum Gasteiger partial charge on any atom is 0.411 e. The summed E-state index contributed by atoms with van der Waals surface area (Å²) >= 11 is 0. The van der Waals surface area contributed by atoms with Gasteiger partial charge in [0.2, 0.25) is 5.91 Å². The zero-order valence-corrected chi connectivity index (χ0v) is 14.8. The van der Waals surface area contributed by atoms with E-state index in [2.05, 4.69) is 14.9 Å². The van der Waals surface area contributed by atoms with Crippen molar-refractivity contribution in [2.24, 2.45) is 5.92 Å². The largest absolute Gasteiger partial charge is 0.437 e. The quantitative estimate of drug-likeness (QED) is 0.784. The van der Waals surface area contributed by atoms with Gasteiger partial charge in [-0.05, 0) is 13.0 Å². The molecule has 3 aliphatic rings. The van der Waals surface area contributed by atoms with Gasteiger partial charge in [-0.1, -0.05) is 13.8 Å². The van der Waals surface area contributed by atoms with Crippen molar-refractivity contribution >= 4 is 17.8 Å². The molecule has 1 atom stereocenters. The van der Waals surface area contributed by atoms with E-state index in [4.69, 9.17) is 4.74 Å². The molecule has 0 saturated carbocycles. The number of amides is 2. The van der Waals surface area contributed by atoms with Gasteiger partial charge in [-0.3, -0.25) is 9.69 Å². The summed E-state index contributed by atoms with van der Waals surface area (Å²) in [5, 5.41) is 0. The second-order valence-corrected chi connectivity index (χ2v) is 7.40. The second kappa shape index (κ2) is 5.57. The van der Waals surface area contributed by atoms with Crippen LogP contribution in [0.2, 0.25) is 0 Å². The van der Waals surface area contributed by atoms with Crippen molar-refractivity contribution in [3.8, 4) is 0 Å². The molecule has 1 aromatic heterocycles. The number of carbonyl (C=O) groups excluding carboxylic acids is 2. The average Bonchev–Trinajstić information content (AvgIpc) is 2.85. The van der Waals surface area contributed by atoms with Crippen LogP contribution in [0.4, 0.5) is 10.6 Å². The molecular weight excluding hydrogens is 322 g/mol. The van der Waals surface area contributed by atoms with E-state index in [-0.39, 0.29) is 24.0 Å². The van der Waals surface area contributed by atoms with Gasteiger partial charge in [-0.2, -0.15) is 0 Å². The Labute approximate surface area is 146 Å². The molecule has 1 spiro atoms. The van der Waals surface area contributed by atoms with Crippen LogP contribution in [0.25, 0.3) is 0 Å². The number of hydrogen-bond donors (Lipinski definition) is 0. The highest BCUT2D eigenvalue weighted by molar-refractivity contribution is 5.79. The number of carbonyl (C=O) groups is 2. The summed E-state index contributed by atoms with van der Waals surface area (Å²) in [7, 11) is 0. The van der Waals surface area contributed by atoms with Crippen LogP contribution in [0.3, 0.4) is 0 Å². The lowest BCUT2D eigenvalue weighted by Crippen LogP contribution is -2.71. The van der Waals surface area contributed by atoms with Crippen molar-refractivity contribution in [3.63, 3.8) is 0 Å². The van der Waals surface area contributed by atoms with Crippen molar-refractivity contribution in [2.75, 3.05) is 37.6 Å². The van der Waals surface area contributed by atoms with Crippen LogP contribution < -0.4 is 4.90 Å². The van der Waals surface area contributed by atoms with E-state index < -0.39 is 5.60 Å². The van der Waals surface area contributed by atoms with Gasteiger partial charge < -0.3 is 14.5 Å². The Bertz CT molecular complexity index is 716. The fourth-order valence-corrected chi connectivity index (χ4v) is 3.97. The van der Waals surface area contributed by atoms with E-state index in [1.165, 1.54) is 0 Å². The van der Waals surface area contributed by atoms with Crippen LogP contribution in [-0.2, 0) is 9.53 Å². The zero-order valence-electron chi connectivity index (χ0n) is 14.8. The molecule has 0 radical (unpaired) electrons. The number of piperazine rings is 1. The van der Waals surface area contributed by atoms with E-state index in [1.54, 1.807) is 11.1 Å². The van der Waals surface area contributed by atoms with Crippen molar-refractivity contribution in [2.45, 2.75) is 32.4 Å². The third kappa shape index (κ3) is 2.51. The fourth-order valence-electron chi connectivity index (χ4n) is 3.97. The molecule has 4 rings (SSSR count). The first-order chi connectivity index (χ1) is 11.9. The van der Waals surface area contributed by atoms with Gasteiger partial charge in [0.1, 0.15) is 11.6 Å². The molecule has 0 bridgehead atoms. The summed E-state index contributed by atoms with van der Waals surface area (Å²) in [6.45, 7) is 8.52. The summed E-state index contributed by atoms with van der Waals surface area (Å²) in [5.41, 5.74) is -0.550. The number of fused-ring (bicyclic) bond motifs is 2. The van der Waals surface area contributed by atoms with Crippen LogP contribution in [0.1, 0.15) is 19.7 Å². The molecule has 8 heteroatoms. The fraction of sp³-hybridized carbons (Fsp3) is 0.647. The van der Waals surface area contributed by atoms with E-state index >= 15 is 0 Å². The van der Waals surface area contributed by atoms with E-state index in [9.17, 15) is 9.59 Å². The number of ether oxygens (including phenoxy) is 1. The smallest absolute Gasteiger partial charge is 0.411 e. The van der Waals surface area contributed by atoms with Crippen LogP contribution in [-0.4, -0.2) is 76.1 Å². The topological polar surface area (TPSA) is 78.9 Å². The normalized spacial score (nSPS) is 24.4. The van der Waals surface area contributed by atoms with Crippen molar-refractivity contribution in [3.05, 3.63) is 18.1 Å². The Morgan fingerprint density at radius 1 is 1.36 bits per heavy atom. The molecule has 0 aliphatic carbocycles. The SMILES string of the molecule is Cc1nccc(N2CC3(C2)OC(=O)N2CCN(C(=O)C(C)C)CC23)n1. The number of aryl methyl sites for hydroxylation is 1. The van der Waals surface area contributed by atoms with Gasteiger partial charge >= 0.3 is 6.09 Å². The Morgan fingerprint density at radius 2 is 2.12 bits per heavy atom. The number of aromatic nitrogens is 2. The molecule has 2 amide bonds. The van der Waals surface area contributed by atoms with Gasteiger partial charge in [-0.15, -0.1) is 0 Å². The molecule has 0 N–H and O–H groups in total. The summed E-state index contributed by atoms with van der Waals surface area (Å²) < 4.78 is 5.77. The number of hydrogen-bond acceptors (Lipinski definition) is 6. The van der Waals surface area contributed by atoms with Crippen molar-refractivity contribution in [1.82, 2.24) is 19.8 Å². The molecule has 3 fully saturated rings. The van der Waals surface area contributed by atoms with E-state index in [0.29, 0.717) is 32.7 Å². The van der Waals surface area contributed by atoms with Gasteiger partial charge in [0.05, 0.1) is 19.1 Å². The predicted octanol–water partition coefficient (Wildman–Crippen LogP) is 0.663. The lowest BCUT2D eigenvalue weighted by atomic mass is 9.84. The van der Waals surface area contributed by atoms with Crippen LogP contribution in [0.15, 0.2) is 12.3 Å². The molecule has 3 aliphatic heterocycles. The summed E-state index contributed by atoms with van der Waals surface area (Å²) in [5.74, 6) is 1.66. The maximum atomic E-state index is 12.4. The van der Waals surface area contributed by atoms with Crippen molar-refractivity contribution in [1.29, 1.82) is 0 Å². The predicted molar refractivity (Wildman–Crippen MR) is 90.1 cm³/mol. The van der Waals surface area contributed by atoms with Gasteiger partial charge in [0, 0.05) is 31.7 Å².